The van der Waals surface area contributed by atoms with Gasteiger partial charge in [-0.25, -0.2) is 9.59 Å². The lowest BCUT2D eigenvalue weighted by molar-refractivity contribution is 0.0366. The van der Waals surface area contributed by atoms with E-state index in [1.807, 2.05) is 27.7 Å². The average Bonchev–Trinajstić information content (AvgIpc) is 3.28. The van der Waals surface area contributed by atoms with Gasteiger partial charge in [0.2, 0.25) is 0 Å². The van der Waals surface area contributed by atoms with Crippen molar-refractivity contribution in [3.63, 3.8) is 0 Å². The molecule has 0 aromatic heterocycles. The third-order valence-electron chi connectivity index (χ3n) is 9.36. The molecule has 5 rings (SSSR count). The van der Waals surface area contributed by atoms with Gasteiger partial charge in [0.15, 0.2) is 97.8 Å². The average molecular weight is 1040 g/mol. The fourth-order valence-electron chi connectivity index (χ4n) is 5.75. The van der Waals surface area contributed by atoms with E-state index >= 15 is 0 Å². The molecule has 0 saturated carbocycles. The van der Waals surface area contributed by atoms with Crippen LogP contribution in [-0.2, 0) is 9.47 Å². The smallest absolute Gasteiger partial charge is 0.338 e. The number of Topliss-reactive ketones (excluding diaryl/α,β-unsaturated/α-hetero) is 3. The van der Waals surface area contributed by atoms with Crippen molar-refractivity contribution in [2.45, 2.75) is 101 Å². The van der Waals surface area contributed by atoms with Gasteiger partial charge < -0.3 is 81.0 Å². The summed E-state index contributed by atoms with van der Waals surface area (Å²) in [6.07, 6.45) is 0.0824. The molecular formula is C53H66O21. The van der Waals surface area contributed by atoms with Crippen molar-refractivity contribution < 1.29 is 105 Å². The second-order valence-corrected chi connectivity index (χ2v) is 18.1. The van der Waals surface area contributed by atoms with E-state index in [0.717, 1.165) is 48.5 Å². The predicted molar refractivity (Wildman–Crippen MR) is 268 cm³/mol. The highest BCUT2D eigenvalue weighted by Crippen LogP contribution is 2.39. The molecule has 404 valence electrons. The SMILES string of the molecule is CC(C)CC(=O)c1cc(O)c(O)c(O)c1.CC(C)CC(=O)c1cc(O)c(O)c(O)c1.CC(C)OC(=O)c1cc(O)c(O)c(O)c1.CC(C)OC(=O)c1cc(O)c(O)c(O)c1.Cc1cc(C(=O)C(C)C)cc(O)c1O. The van der Waals surface area contributed by atoms with Gasteiger partial charge >= 0.3 is 11.9 Å². The Labute approximate surface area is 426 Å². The van der Waals surface area contributed by atoms with E-state index < -0.39 is 80.9 Å². The fraction of sp³-hybridized carbons (Fsp3) is 0.340. The molecule has 0 amide bonds. The Balaban J connectivity index is 0.000000463. The predicted octanol–water partition coefficient (Wildman–Crippen LogP) is 9.05. The minimum atomic E-state index is -0.671. The Hall–Kier alpha value is -8.75. The van der Waals surface area contributed by atoms with Crippen LogP contribution in [-0.4, -0.2) is 113 Å². The van der Waals surface area contributed by atoms with Crippen LogP contribution in [0.2, 0.25) is 0 Å². The monoisotopic (exact) mass is 1040 g/mol. The Morgan fingerprint density at radius 2 is 0.581 bits per heavy atom. The minimum absolute atomic E-state index is 0.0171. The third kappa shape index (κ3) is 19.8. The molecule has 0 saturated heterocycles. The highest BCUT2D eigenvalue weighted by molar-refractivity contribution is 5.99. The number of rotatable bonds is 12. The van der Waals surface area contributed by atoms with E-state index in [1.165, 1.54) is 6.07 Å². The maximum absolute atomic E-state index is 11.6. The number of hydrogen-bond acceptors (Lipinski definition) is 21. The molecule has 0 heterocycles. The normalized spacial score (nSPS) is 10.5. The number of ether oxygens (including phenoxy) is 2. The summed E-state index contributed by atoms with van der Waals surface area (Å²) in [6, 6.07) is 11.6. The van der Waals surface area contributed by atoms with Crippen LogP contribution >= 0.6 is 0 Å². The molecule has 5 aromatic rings. The molecule has 0 aliphatic carbocycles. The summed E-state index contributed by atoms with van der Waals surface area (Å²) >= 11 is 0. The zero-order chi connectivity index (χ0) is 57.2. The van der Waals surface area contributed by atoms with E-state index in [4.69, 9.17) is 50.3 Å². The summed E-state index contributed by atoms with van der Waals surface area (Å²) in [6.45, 7) is 19.5. The van der Waals surface area contributed by atoms with Crippen LogP contribution in [0.3, 0.4) is 0 Å². The van der Waals surface area contributed by atoms with Gasteiger partial charge in [-0.1, -0.05) is 41.5 Å². The molecule has 0 spiro atoms. The van der Waals surface area contributed by atoms with Crippen molar-refractivity contribution in [1.29, 1.82) is 0 Å². The molecule has 0 atom stereocenters. The van der Waals surface area contributed by atoms with Crippen molar-refractivity contribution in [1.82, 2.24) is 0 Å². The summed E-state index contributed by atoms with van der Waals surface area (Å²) in [5.74, 6) is -8.54. The fourth-order valence-corrected chi connectivity index (χ4v) is 5.75. The zero-order valence-corrected chi connectivity index (χ0v) is 42.7. The number of benzene rings is 5. The van der Waals surface area contributed by atoms with E-state index in [2.05, 4.69) is 0 Å². The number of carbonyl (C=O) groups is 5. The maximum Gasteiger partial charge on any atom is 0.338 e. The molecule has 0 aliphatic heterocycles. The number of phenols is 14. The number of hydrogen-bond donors (Lipinski definition) is 14. The largest absolute Gasteiger partial charge is 0.504 e. The Kier molecular flexibility index (Phi) is 24.2. The van der Waals surface area contributed by atoms with E-state index in [0.29, 0.717) is 24.0 Å². The maximum atomic E-state index is 11.6. The molecule has 0 radical (unpaired) electrons. The molecule has 5 aromatic carbocycles. The number of phenolic OH excluding ortho intramolecular Hbond substituents is 14. The number of carbonyl (C=O) groups excluding carboxylic acids is 5. The van der Waals surface area contributed by atoms with Gasteiger partial charge in [0, 0.05) is 35.4 Å². The molecule has 0 aliphatic rings. The van der Waals surface area contributed by atoms with Gasteiger partial charge in [-0.3, -0.25) is 14.4 Å². The van der Waals surface area contributed by atoms with Gasteiger partial charge in [0.1, 0.15) is 0 Å². The van der Waals surface area contributed by atoms with E-state index in [1.54, 1.807) is 54.5 Å². The summed E-state index contributed by atoms with van der Waals surface area (Å²) < 4.78 is 9.69. The van der Waals surface area contributed by atoms with E-state index in [9.17, 15) is 54.6 Å². The number of aryl methyl sites for hydroxylation is 1. The van der Waals surface area contributed by atoms with Crippen LogP contribution in [0.25, 0.3) is 0 Å². The molecule has 0 bridgehead atoms. The summed E-state index contributed by atoms with van der Waals surface area (Å²) in [5, 5.41) is 128. The molecule has 74 heavy (non-hydrogen) atoms. The highest BCUT2D eigenvalue weighted by atomic mass is 16.5. The minimum Gasteiger partial charge on any atom is -0.504 e. The van der Waals surface area contributed by atoms with Gasteiger partial charge in [-0.2, -0.15) is 0 Å². The summed E-state index contributed by atoms with van der Waals surface area (Å²) in [4.78, 5) is 57.4. The second-order valence-electron chi connectivity index (χ2n) is 18.1. The molecular weight excluding hydrogens is 973 g/mol. The zero-order valence-electron chi connectivity index (χ0n) is 42.7. The summed E-state index contributed by atoms with van der Waals surface area (Å²) in [5.41, 5.74) is 1.32. The Morgan fingerprint density at radius 1 is 0.351 bits per heavy atom. The first-order valence-corrected chi connectivity index (χ1v) is 22.6. The van der Waals surface area contributed by atoms with Gasteiger partial charge in [-0.05, 0) is 113 Å². The first-order chi connectivity index (χ1) is 34.1. The summed E-state index contributed by atoms with van der Waals surface area (Å²) in [7, 11) is 0. The van der Waals surface area contributed by atoms with Crippen molar-refractivity contribution in [3.8, 4) is 80.5 Å². The third-order valence-corrected chi connectivity index (χ3v) is 9.36. The van der Waals surface area contributed by atoms with Crippen LogP contribution in [0.5, 0.6) is 80.5 Å². The molecule has 21 heteroatoms. The number of ketones is 3. The van der Waals surface area contributed by atoms with Crippen LogP contribution < -0.4 is 0 Å². The quantitative estimate of drug-likeness (QED) is 0.0314. The highest BCUT2D eigenvalue weighted by Gasteiger charge is 2.19. The Bertz CT molecular complexity index is 2350. The lowest BCUT2D eigenvalue weighted by Gasteiger charge is -2.09. The molecule has 0 unspecified atom stereocenters. The van der Waals surface area contributed by atoms with Crippen molar-refractivity contribution >= 4 is 29.3 Å². The van der Waals surface area contributed by atoms with Crippen molar-refractivity contribution in [2.75, 3.05) is 0 Å². The van der Waals surface area contributed by atoms with E-state index in [-0.39, 0.29) is 81.1 Å². The van der Waals surface area contributed by atoms with Crippen molar-refractivity contribution in [2.24, 2.45) is 17.8 Å². The number of aromatic hydroxyl groups is 14. The van der Waals surface area contributed by atoms with Crippen LogP contribution in [0, 0.1) is 24.7 Å². The topological polar surface area (TPSA) is 387 Å². The van der Waals surface area contributed by atoms with Gasteiger partial charge in [-0.15, -0.1) is 0 Å². The van der Waals surface area contributed by atoms with Gasteiger partial charge in [0.05, 0.1) is 23.3 Å². The van der Waals surface area contributed by atoms with Gasteiger partial charge in [0.25, 0.3) is 0 Å². The molecule has 14 N–H and O–H groups in total. The second kappa shape index (κ2) is 28.3. The van der Waals surface area contributed by atoms with Crippen LogP contribution in [0.1, 0.15) is 139 Å². The number of esters is 2. The molecule has 21 nitrogen and oxygen atoms in total. The standard InChI is InChI=1S/2C11H14O4.C11H14O3.2C10H12O5/c2*1-6(2)3-8(12)7-4-9(13)11(15)10(14)5-7;1-6(2)10(13)8-4-7(3)11(14)9(12)5-8;2*1-5(2)15-10(14)6-3-7(11)9(13)8(12)4-6/h2*4-6,13-15H,3H2,1-2H3;4-6,12,14H,1-3H3;2*3-5,11-13H,1-2H3. The van der Waals surface area contributed by atoms with Crippen LogP contribution in [0.15, 0.2) is 60.7 Å². The lowest BCUT2D eigenvalue weighted by atomic mass is 9.99. The first-order valence-electron chi connectivity index (χ1n) is 22.6. The van der Waals surface area contributed by atoms with Crippen LogP contribution in [0.4, 0.5) is 0 Å². The first kappa shape index (κ1) is 63.3. The lowest BCUT2D eigenvalue weighted by Crippen LogP contribution is -2.11. The van der Waals surface area contributed by atoms with Crippen molar-refractivity contribution in [3.05, 3.63) is 94.0 Å². The molecule has 0 fully saturated rings. The Morgan fingerprint density at radius 3 is 0.797 bits per heavy atom.